The van der Waals surface area contributed by atoms with Gasteiger partial charge in [-0.25, -0.2) is 13.4 Å². The van der Waals surface area contributed by atoms with Gasteiger partial charge in [-0.05, 0) is 79.9 Å². The van der Waals surface area contributed by atoms with Gasteiger partial charge in [0.1, 0.15) is 5.03 Å². The maximum atomic E-state index is 12.7. The van der Waals surface area contributed by atoms with Crippen molar-refractivity contribution in [2.75, 3.05) is 25.0 Å². The molecule has 2 aromatic carbocycles. The molecule has 2 N–H and O–H groups in total. The van der Waals surface area contributed by atoms with Gasteiger partial charge in [-0.1, -0.05) is 17.8 Å². The molecule has 174 valence electrons. The van der Waals surface area contributed by atoms with Crippen molar-refractivity contribution in [2.45, 2.75) is 35.1 Å². The fourth-order valence-corrected chi connectivity index (χ4v) is 4.80. The van der Waals surface area contributed by atoms with Crippen LogP contribution in [0, 0.1) is 13.8 Å². The molecule has 0 aliphatic carbocycles. The van der Waals surface area contributed by atoms with Gasteiger partial charge in [0, 0.05) is 37.0 Å². The number of benzene rings is 2. The first-order valence-electron chi connectivity index (χ1n) is 10.4. The fraction of sp³-hybridized carbons (Fsp3) is 0.250. The molecule has 0 atom stereocenters. The molecule has 3 aromatic rings. The van der Waals surface area contributed by atoms with Crippen molar-refractivity contribution in [2.24, 2.45) is 0 Å². The number of sulfonamides is 1. The second-order valence-electron chi connectivity index (χ2n) is 7.47. The molecule has 0 unspecified atom stereocenters. The third kappa shape index (κ3) is 7.05. The van der Waals surface area contributed by atoms with E-state index in [9.17, 15) is 13.2 Å². The van der Waals surface area contributed by atoms with Crippen molar-refractivity contribution in [1.29, 1.82) is 0 Å². The Balaban J connectivity index is 1.59. The third-order valence-corrected chi connectivity index (χ3v) is 7.26. The van der Waals surface area contributed by atoms with Crippen LogP contribution < -0.4 is 10.0 Å². The van der Waals surface area contributed by atoms with E-state index in [-0.39, 0.29) is 10.8 Å². The summed E-state index contributed by atoms with van der Waals surface area (Å²) in [4.78, 5) is 17.6. The minimum atomic E-state index is -3.66. The third-order valence-electron chi connectivity index (χ3n) is 4.93. The highest BCUT2D eigenvalue weighted by Gasteiger charge is 2.15. The molecule has 0 saturated heterocycles. The maximum absolute atomic E-state index is 12.7. The average Bonchev–Trinajstić information content (AvgIpc) is 2.80. The first-order valence-corrected chi connectivity index (χ1v) is 12.7. The topological polar surface area (TPSA) is 97.4 Å². The summed E-state index contributed by atoms with van der Waals surface area (Å²) in [5.74, 6) is -0.171. The van der Waals surface area contributed by atoms with Crippen molar-refractivity contribution in [1.82, 2.24) is 10.3 Å². The van der Waals surface area contributed by atoms with E-state index in [1.54, 1.807) is 55.8 Å². The number of amides is 1. The summed E-state index contributed by atoms with van der Waals surface area (Å²) in [6, 6.07) is 15.6. The Morgan fingerprint density at radius 1 is 1.03 bits per heavy atom. The maximum Gasteiger partial charge on any atom is 0.261 e. The van der Waals surface area contributed by atoms with Crippen LogP contribution in [0.3, 0.4) is 0 Å². The molecule has 1 heterocycles. The van der Waals surface area contributed by atoms with Gasteiger partial charge >= 0.3 is 0 Å². The standard InChI is InChI=1S/C24H27N3O4S2/c1-17-5-11-22(15-18(17)2)33(29,30)27-20-7-9-21(10-8-20)32-23-12-6-19(16-26-23)24(28)25-13-4-14-31-3/h5-12,15-16,27H,4,13-14H2,1-3H3,(H,25,28). The number of nitrogens with one attached hydrogen (secondary N) is 2. The number of anilines is 1. The predicted octanol–water partition coefficient (Wildman–Crippen LogP) is 4.42. The van der Waals surface area contributed by atoms with Crippen LogP contribution in [0.2, 0.25) is 0 Å². The van der Waals surface area contributed by atoms with Gasteiger partial charge in [0.05, 0.1) is 10.5 Å². The molecule has 3 rings (SSSR count). The molecule has 9 heteroatoms. The summed E-state index contributed by atoms with van der Waals surface area (Å²) >= 11 is 1.42. The number of methoxy groups -OCH3 is 1. The van der Waals surface area contributed by atoms with Crippen molar-refractivity contribution in [3.8, 4) is 0 Å². The van der Waals surface area contributed by atoms with Gasteiger partial charge in [0.2, 0.25) is 0 Å². The number of hydrogen-bond acceptors (Lipinski definition) is 6. The Morgan fingerprint density at radius 2 is 1.79 bits per heavy atom. The van der Waals surface area contributed by atoms with Crippen LogP contribution >= 0.6 is 11.8 Å². The highest BCUT2D eigenvalue weighted by Crippen LogP contribution is 2.28. The van der Waals surface area contributed by atoms with Crippen LogP contribution in [0.5, 0.6) is 0 Å². The SMILES string of the molecule is COCCCNC(=O)c1ccc(Sc2ccc(NS(=O)(=O)c3ccc(C)c(C)c3)cc2)nc1. The summed E-state index contributed by atoms with van der Waals surface area (Å²) in [7, 11) is -2.04. The Hall–Kier alpha value is -2.88. The molecule has 0 radical (unpaired) electrons. The summed E-state index contributed by atoms with van der Waals surface area (Å²) in [6.45, 7) is 4.97. The van der Waals surface area contributed by atoms with Crippen molar-refractivity contribution in [3.05, 3.63) is 77.5 Å². The highest BCUT2D eigenvalue weighted by atomic mass is 32.2. The lowest BCUT2D eigenvalue weighted by molar-refractivity contribution is 0.0948. The molecule has 0 spiro atoms. The highest BCUT2D eigenvalue weighted by molar-refractivity contribution is 7.99. The number of hydrogen-bond donors (Lipinski definition) is 2. The van der Waals surface area contributed by atoms with Gasteiger partial charge in [0.25, 0.3) is 15.9 Å². The monoisotopic (exact) mass is 485 g/mol. The lowest BCUT2D eigenvalue weighted by atomic mass is 10.1. The molecule has 1 amide bonds. The van der Waals surface area contributed by atoms with E-state index in [0.29, 0.717) is 24.4 Å². The predicted molar refractivity (Wildman–Crippen MR) is 130 cm³/mol. The van der Waals surface area contributed by atoms with Gasteiger partial charge in [-0.15, -0.1) is 0 Å². The van der Waals surface area contributed by atoms with Crippen LogP contribution in [0.25, 0.3) is 0 Å². The molecule has 0 bridgehead atoms. The summed E-state index contributed by atoms with van der Waals surface area (Å²) in [5.41, 5.74) is 2.94. The van der Waals surface area contributed by atoms with E-state index >= 15 is 0 Å². The first-order chi connectivity index (χ1) is 15.8. The molecule has 33 heavy (non-hydrogen) atoms. The van der Waals surface area contributed by atoms with Crippen molar-refractivity contribution >= 4 is 33.4 Å². The number of aryl methyl sites for hydroxylation is 2. The molecular weight excluding hydrogens is 458 g/mol. The Kier molecular flexibility index (Phi) is 8.49. The van der Waals surface area contributed by atoms with Gasteiger partial charge < -0.3 is 10.1 Å². The van der Waals surface area contributed by atoms with E-state index < -0.39 is 10.0 Å². The average molecular weight is 486 g/mol. The molecule has 0 aliphatic rings. The van der Waals surface area contributed by atoms with Crippen LogP contribution in [-0.4, -0.2) is 39.6 Å². The quantitative estimate of drug-likeness (QED) is 0.413. The van der Waals surface area contributed by atoms with Crippen LogP contribution in [0.15, 0.2) is 75.6 Å². The summed E-state index contributed by atoms with van der Waals surface area (Å²) in [5, 5.41) is 3.55. The van der Waals surface area contributed by atoms with E-state index in [0.717, 1.165) is 27.5 Å². The Labute approximate surface area is 199 Å². The zero-order valence-electron chi connectivity index (χ0n) is 18.8. The van der Waals surface area contributed by atoms with Gasteiger partial charge in [-0.3, -0.25) is 9.52 Å². The minimum Gasteiger partial charge on any atom is -0.385 e. The first kappa shape index (κ1) is 24.8. The lowest BCUT2D eigenvalue weighted by Crippen LogP contribution is -2.25. The second kappa shape index (κ2) is 11.3. The van der Waals surface area contributed by atoms with Crippen LogP contribution in [-0.2, 0) is 14.8 Å². The normalized spacial score (nSPS) is 11.2. The number of carbonyl (C=O) groups is 1. The minimum absolute atomic E-state index is 0.171. The Bertz CT molecular complexity index is 1200. The van der Waals surface area contributed by atoms with Crippen LogP contribution in [0.4, 0.5) is 5.69 Å². The number of carbonyl (C=O) groups excluding carboxylic acids is 1. The second-order valence-corrected chi connectivity index (χ2v) is 10.2. The smallest absolute Gasteiger partial charge is 0.261 e. The number of nitrogens with zero attached hydrogens (tertiary/aromatic N) is 1. The molecule has 0 fully saturated rings. The van der Waals surface area contributed by atoms with E-state index in [2.05, 4.69) is 15.0 Å². The van der Waals surface area contributed by atoms with Crippen molar-refractivity contribution in [3.63, 3.8) is 0 Å². The lowest BCUT2D eigenvalue weighted by Gasteiger charge is -2.10. The zero-order valence-corrected chi connectivity index (χ0v) is 20.4. The molecule has 7 nitrogen and oxygen atoms in total. The van der Waals surface area contributed by atoms with Crippen LogP contribution in [0.1, 0.15) is 27.9 Å². The molecule has 0 aliphatic heterocycles. The summed E-state index contributed by atoms with van der Waals surface area (Å²) < 4.78 is 32.9. The van der Waals surface area contributed by atoms with E-state index in [4.69, 9.17) is 4.74 Å². The number of pyridine rings is 1. The van der Waals surface area contributed by atoms with Crippen molar-refractivity contribution < 1.29 is 17.9 Å². The van der Waals surface area contributed by atoms with E-state index in [1.165, 1.54) is 11.8 Å². The zero-order chi connectivity index (χ0) is 23.8. The largest absolute Gasteiger partial charge is 0.385 e. The number of ether oxygens (including phenoxy) is 1. The Morgan fingerprint density at radius 3 is 2.42 bits per heavy atom. The van der Waals surface area contributed by atoms with Gasteiger partial charge in [-0.2, -0.15) is 0 Å². The van der Waals surface area contributed by atoms with Gasteiger partial charge in [0.15, 0.2) is 0 Å². The molecule has 0 saturated carbocycles. The van der Waals surface area contributed by atoms with E-state index in [1.807, 2.05) is 26.0 Å². The fourth-order valence-electron chi connectivity index (χ4n) is 2.90. The molecular formula is C24H27N3O4S2. The summed E-state index contributed by atoms with van der Waals surface area (Å²) in [6.07, 6.45) is 2.29. The number of aromatic nitrogens is 1. The molecule has 1 aromatic heterocycles. The number of rotatable bonds is 10.